The third kappa shape index (κ3) is 9.12. The molecule has 4 fully saturated rings. The lowest BCUT2D eigenvalue weighted by Crippen LogP contribution is -2.56. The Morgan fingerprint density at radius 3 is 2.07 bits per heavy atom. The number of carboxylic acids is 2. The van der Waals surface area contributed by atoms with E-state index in [4.69, 9.17) is 32.7 Å². The number of carbonyl (C=O) groups excluding carboxylic acids is 1. The summed E-state index contributed by atoms with van der Waals surface area (Å²) in [5.74, 6) is -4.17. The van der Waals surface area contributed by atoms with Crippen LogP contribution in [0.5, 0.6) is 0 Å². The van der Waals surface area contributed by atoms with Gasteiger partial charge in [0.1, 0.15) is 0 Å². The first-order valence-electron chi connectivity index (χ1n) is 19.9. The Morgan fingerprint density at radius 2 is 1.43 bits per heavy atom. The van der Waals surface area contributed by atoms with E-state index in [0.717, 1.165) is 69.9 Å². The second-order valence-electron chi connectivity index (χ2n) is 15.6. The molecule has 5 aliphatic heterocycles. The molecule has 2 bridgehead atoms. The summed E-state index contributed by atoms with van der Waals surface area (Å²) in [6.45, 7) is 7.62. The number of carboxylic acid groups (broad SMARTS) is 2. The number of halogens is 2. The normalized spacial score (nSPS) is 25.1. The number of aliphatic carboxylic acids is 2. The van der Waals surface area contributed by atoms with Crippen LogP contribution in [0, 0.1) is 0 Å². The van der Waals surface area contributed by atoms with E-state index in [1.165, 1.54) is 12.8 Å². The quantitative estimate of drug-likeness (QED) is 0.223. The number of dihydropyridines is 1. The van der Waals surface area contributed by atoms with Gasteiger partial charge in [0.15, 0.2) is 0 Å². The number of fused-ring (bicyclic) bond motifs is 2. The molecule has 2 aromatic rings. The van der Waals surface area contributed by atoms with E-state index in [0.29, 0.717) is 56.5 Å². The van der Waals surface area contributed by atoms with E-state index in [2.05, 4.69) is 27.1 Å². The monoisotopic (exact) mass is 809 g/mol. The highest BCUT2D eigenvalue weighted by Crippen LogP contribution is 2.45. The minimum absolute atomic E-state index is 0.143. The van der Waals surface area contributed by atoms with E-state index in [1.54, 1.807) is 23.1 Å². The number of nitrogens with zero attached hydrogens (tertiary/aromatic N) is 4. The van der Waals surface area contributed by atoms with Gasteiger partial charge in [-0.2, -0.15) is 0 Å². The molecule has 5 aliphatic rings. The molecule has 5 heterocycles. The number of hydrogen-bond donors (Lipinski definition) is 3. The number of morpholine rings is 1. The van der Waals surface area contributed by atoms with Crippen LogP contribution in [-0.4, -0.2) is 138 Å². The predicted octanol–water partition coefficient (Wildman–Crippen LogP) is 5.00. The Morgan fingerprint density at radius 1 is 0.804 bits per heavy atom. The summed E-state index contributed by atoms with van der Waals surface area (Å²) in [7, 11) is 2.24. The first kappa shape index (κ1) is 40.7. The molecule has 0 aromatic heterocycles. The molecule has 0 aliphatic carbocycles. The molecule has 2 aromatic carbocycles. The Kier molecular flexibility index (Phi) is 13.4. The first-order chi connectivity index (χ1) is 27.1. The summed E-state index contributed by atoms with van der Waals surface area (Å²) < 4.78 is 11.5. The molecule has 3 atom stereocenters. The number of nitrogens with one attached hydrogen (secondary N) is 1. The number of piperazine rings is 1. The number of amides is 1. The summed E-state index contributed by atoms with van der Waals surface area (Å²) in [5, 5.41) is 25.0. The zero-order chi connectivity index (χ0) is 39.3. The minimum atomic E-state index is -1.35. The Labute approximate surface area is 339 Å². The van der Waals surface area contributed by atoms with Crippen molar-refractivity contribution in [3.63, 3.8) is 0 Å². The second kappa shape index (κ2) is 18.4. The Balaban J connectivity index is 1.10. The van der Waals surface area contributed by atoms with Crippen LogP contribution >= 0.6 is 23.2 Å². The van der Waals surface area contributed by atoms with Crippen LogP contribution in [0.3, 0.4) is 0 Å². The summed E-state index contributed by atoms with van der Waals surface area (Å²) >= 11 is 13.4. The van der Waals surface area contributed by atoms with Gasteiger partial charge in [0, 0.05) is 90.9 Å². The molecule has 56 heavy (non-hydrogen) atoms. The number of allylic oxidation sites excluding steroid dienone is 1. The van der Waals surface area contributed by atoms with Crippen LogP contribution in [0.25, 0.3) is 0 Å². The van der Waals surface area contributed by atoms with Gasteiger partial charge in [-0.15, -0.1) is 0 Å². The Hall–Kier alpha value is -3.49. The molecular formula is C42H53Cl2N5O7. The molecule has 0 saturated carbocycles. The van der Waals surface area contributed by atoms with Crippen LogP contribution in [-0.2, 0) is 36.9 Å². The zero-order valence-corrected chi connectivity index (χ0v) is 33.6. The molecular weight excluding hydrogens is 757 g/mol. The molecule has 3 unspecified atom stereocenters. The highest BCUT2D eigenvalue weighted by atomic mass is 35.5. The predicted molar refractivity (Wildman–Crippen MR) is 214 cm³/mol. The van der Waals surface area contributed by atoms with Crippen LogP contribution in [0.15, 0.2) is 65.0 Å². The minimum Gasteiger partial charge on any atom is -0.478 e. The maximum Gasteiger partial charge on any atom is 0.334 e. The number of benzene rings is 2. The second-order valence-corrected chi connectivity index (χ2v) is 16.4. The zero-order valence-electron chi connectivity index (χ0n) is 32.1. The van der Waals surface area contributed by atoms with Gasteiger partial charge >= 0.3 is 11.9 Å². The molecule has 7 rings (SSSR count). The smallest absolute Gasteiger partial charge is 0.334 e. The van der Waals surface area contributed by atoms with Crippen molar-refractivity contribution >= 4 is 41.0 Å². The topological polar surface area (TPSA) is 135 Å². The third-order valence-corrected chi connectivity index (χ3v) is 13.2. The van der Waals surface area contributed by atoms with Gasteiger partial charge in [-0.05, 0) is 68.8 Å². The van der Waals surface area contributed by atoms with Crippen LogP contribution in [0.2, 0.25) is 10.0 Å². The van der Waals surface area contributed by atoms with Crippen molar-refractivity contribution in [1.29, 1.82) is 0 Å². The fourth-order valence-corrected chi connectivity index (χ4v) is 10.0. The van der Waals surface area contributed by atoms with Crippen molar-refractivity contribution in [2.45, 2.75) is 75.6 Å². The van der Waals surface area contributed by atoms with E-state index in [-0.39, 0.29) is 51.2 Å². The lowest BCUT2D eigenvalue weighted by Gasteiger charge is -2.45. The molecule has 12 nitrogen and oxygen atoms in total. The third-order valence-electron chi connectivity index (χ3n) is 12.5. The van der Waals surface area contributed by atoms with E-state index in [1.807, 2.05) is 24.3 Å². The van der Waals surface area contributed by atoms with Crippen LogP contribution in [0.4, 0.5) is 0 Å². The van der Waals surface area contributed by atoms with Crippen molar-refractivity contribution in [3.8, 4) is 0 Å². The standard InChI is InChI=1S/C42H53Cl2N5O7/c1-46-29-10-11-30(46)24-31(23-29)48-13-15-49(16-14-48)36(50)25-35-39(42(53)54)40(37-32(43)7-4-8-33(37)44)38(41(51)52)34(45-35)12-9-27-5-2-3-6-28(27)26-56-22-19-47-17-20-55-21-18-47/h2-8,29-31,40,45H,9-26H2,1H3,(H,51,52)(H,53,54). The van der Waals surface area contributed by atoms with Crippen molar-refractivity contribution in [2.75, 3.05) is 72.7 Å². The van der Waals surface area contributed by atoms with Gasteiger partial charge in [0.25, 0.3) is 0 Å². The van der Waals surface area contributed by atoms with Gasteiger partial charge in [-0.25, -0.2) is 9.59 Å². The fourth-order valence-electron chi connectivity index (χ4n) is 9.41. The molecule has 302 valence electrons. The molecule has 0 spiro atoms. The Bertz CT molecular complexity index is 1810. The average molecular weight is 811 g/mol. The number of hydrogen-bond acceptors (Lipinski definition) is 9. The highest BCUT2D eigenvalue weighted by Gasteiger charge is 2.43. The highest BCUT2D eigenvalue weighted by molar-refractivity contribution is 6.36. The van der Waals surface area contributed by atoms with Crippen LogP contribution < -0.4 is 5.32 Å². The van der Waals surface area contributed by atoms with E-state index < -0.39 is 17.9 Å². The molecule has 14 heteroatoms. The number of rotatable bonds is 14. The fraction of sp³-hybridized carbons (Fsp3) is 0.548. The van der Waals surface area contributed by atoms with Gasteiger partial charge in [-0.1, -0.05) is 53.5 Å². The van der Waals surface area contributed by atoms with Crippen molar-refractivity contribution in [1.82, 2.24) is 24.9 Å². The largest absolute Gasteiger partial charge is 0.478 e. The number of piperidine rings is 1. The van der Waals surface area contributed by atoms with Gasteiger partial charge in [-0.3, -0.25) is 14.6 Å². The maximum absolute atomic E-state index is 14.0. The SMILES string of the molecule is CN1C2CCC1CC(N1CCN(C(=O)CC3=C(C(=O)O)C(c4c(Cl)cccc4Cl)C(C(=O)O)=C(CCc4ccccc4COCCN4CCOCC4)N3)CC1)C2. The molecule has 4 saturated heterocycles. The van der Waals surface area contributed by atoms with Crippen molar-refractivity contribution < 1.29 is 34.1 Å². The van der Waals surface area contributed by atoms with Crippen molar-refractivity contribution in [2.24, 2.45) is 0 Å². The van der Waals surface area contributed by atoms with Gasteiger partial charge in [0.2, 0.25) is 5.91 Å². The molecule has 1 amide bonds. The van der Waals surface area contributed by atoms with Crippen molar-refractivity contribution in [3.05, 3.63) is 91.7 Å². The summed E-state index contributed by atoms with van der Waals surface area (Å²) in [4.78, 5) is 49.6. The summed E-state index contributed by atoms with van der Waals surface area (Å²) in [5.41, 5.74) is 2.21. The maximum atomic E-state index is 14.0. The number of aryl methyl sites for hydroxylation is 1. The summed E-state index contributed by atoms with van der Waals surface area (Å²) in [6, 6.07) is 14.4. The number of carbonyl (C=O) groups is 3. The van der Waals surface area contributed by atoms with Crippen LogP contribution in [0.1, 0.15) is 61.1 Å². The first-order valence-corrected chi connectivity index (χ1v) is 20.7. The van der Waals surface area contributed by atoms with E-state index >= 15 is 0 Å². The number of ether oxygens (including phenoxy) is 2. The summed E-state index contributed by atoms with van der Waals surface area (Å²) in [6.07, 6.45) is 5.24. The lowest BCUT2D eigenvalue weighted by atomic mass is 9.78. The molecule has 0 radical (unpaired) electrons. The van der Waals surface area contributed by atoms with E-state index in [9.17, 15) is 24.6 Å². The van der Waals surface area contributed by atoms with Gasteiger partial charge < -0.3 is 34.8 Å². The molecule has 3 N–H and O–H groups in total. The lowest BCUT2D eigenvalue weighted by molar-refractivity contribution is -0.133. The average Bonchev–Trinajstić information content (AvgIpc) is 3.37. The van der Waals surface area contributed by atoms with Gasteiger partial charge in [0.05, 0.1) is 49.9 Å².